The van der Waals surface area contributed by atoms with Gasteiger partial charge in [0.05, 0.1) is 34.5 Å². The third-order valence-corrected chi connectivity index (χ3v) is 3.17. The van der Waals surface area contributed by atoms with Crippen LogP contribution in [0.25, 0.3) is 22.6 Å². The van der Waals surface area contributed by atoms with Gasteiger partial charge >= 0.3 is 0 Å². The van der Waals surface area contributed by atoms with E-state index in [1.54, 1.807) is 23.7 Å². The van der Waals surface area contributed by atoms with E-state index < -0.39 is 4.92 Å². The van der Waals surface area contributed by atoms with Crippen LogP contribution in [0.3, 0.4) is 0 Å². The Morgan fingerprint density at radius 1 is 1.45 bits per heavy atom. The molecule has 0 radical (unpaired) electrons. The first-order valence-corrected chi connectivity index (χ1v) is 5.99. The van der Waals surface area contributed by atoms with E-state index in [2.05, 4.69) is 9.97 Å². The molecule has 2 aromatic heterocycles. The van der Waals surface area contributed by atoms with Crippen LogP contribution in [0.2, 0.25) is 0 Å². The van der Waals surface area contributed by atoms with Gasteiger partial charge in [-0.1, -0.05) is 6.07 Å². The molecule has 3 aromatic rings. The molecule has 20 heavy (non-hydrogen) atoms. The average molecular weight is 272 g/mol. The van der Waals surface area contributed by atoms with Crippen LogP contribution < -0.4 is 0 Å². The molecule has 0 unspecified atom stereocenters. The van der Waals surface area contributed by atoms with Crippen molar-refractivity contribution in [3.8, 4) is 11.5 Å². The third-order valence-electron chi connectivity index (χ3n) is 3.17. The Morgan fingerprint density at radius 2 is 2.25 bits per heavy atom. The third kappa shape index (κ3) is 1.94. The fraction of sp³-hybridized carbons (Fsp3) is 0.154. The van der Waals surface area contributed by atoms with Crippen molar-refractivity contribution < 1.29 is 10.0 Å². The fourth-order valence-corrected chi connectivity index (χ4v) is 2.16. The molecule has 1 aromatic carbocycles. The molecule has 102 valence electrons. The van der Waals surface area contributed by atoms with Crippen molar-refractivity contribution in [3.05, 3.63) is 46.1 Å². The van der Waals surface area contributed by atoms with Crippen molar-refractivity contribution in [2.75, 3.05) is 0 Å². The van der Waals surface area contributed by atoms with Crippen LogP contribution in [0.4, 0.5) is 5.69 Å². The summed E-state index contributed by atoms with van der Waals surface area (Å²) in [6.07, 6.45) is 1.45. The van der Waals surface area contributed by atoms with Gasteiger partial charge in [-0.05, 0) is 17.7 Å². The average Bonchev–Trinajstić information content (AvgIpc) is 3.00. The molecule has 0 saturated heterocycles. The van der Waals surface area contributed by atoms with E-state index in [1.165, 1.54) is 12.3 Å². The first-order chi connectivity index (χ1) is 9.58. The first kappa shape index (κ1) is 12.4. The summed E-state index contributed by atoms with van der Waals surface area (Å²) in [5.74, 6) is 0.561. The van der Waals surface area contributed by atoms with E-state index in [0.29, 0.717) is 11.5 Å². The SMILES string of the molecule is Cn1cc([N+](=O)[O-])cc1-c1nc2ccc(CO)cc2[nH]1. The highest BCUT2D eigenvalue weighted by atomic mass is 16.6. The van der Waals surface area contributed by atoms with Crippen molar-refractivity contribution in [3.63, 3.8) is 0 Å². The number of nitro groups is 1. The number of aliphatic hydroxyl groups excluding tert-OH is 1. The smallest absolute Gasteiger partial charge is 0.287 e. The van der Waals surface area contributed by atoms with Gasteiger partial charge in [0.25, 0.3) is 5.69 Å². The predicted octanol–water partition coefficient (Wildman–Crippen LogP) is 1.97. The number of fused-ring (bicyclic) bond motifs is 1. The number of H-pyrrole nitrogens is 1. The summed E-state index contributed by atoms with van der Waals surface area (Å²) in [7, 11) is 1.73. The van der Waals surface area contributed by atoms with Gasteiger partial charge in [0.1, 0.15) is 0 Å². The number of aliphatic hydroxyl groups is 1. The van der Waals surface area contributed by atoms with Crippen LogP contribution in [0, 0.1) is 10.1 Å². The highest BCUT2D eigenvalue weighted by molar-refractivity contribution is 5.79. The minimum absolute atomic E-state index is 0.0269. The largest absolute Gasteiger partial charge is 0.392 e. The number of aromatic nitrogens is 3. The molecule has 0 aliphatic heterocycles. The first-order valence-electron chi connectivity index (χ1n) is 5.99. The van der Waals surface area contributed by atoms with Crippen LogP contribution >= 0.6 is 0 Å². The normalized spacial score (nSPS) is 11.1. The topological polar surface area (TPSA) is 97.0 Å². The van der Waals surface area contributed by atoms with Gasteiger partial charge in [-0.25, -0.2) is 4.98 Å². The van der Waals surface area contributed by atoms with E-state index >= 15 is 0 Å². The number of nitrogens with zero attached hydrogens (tertiary/aromatic N) is 3. The number of benzene rings is 1. The summed E-state index contributed by atoms with van der Waals surface area (Å²) in [4.78, 5) is 17.9. The van der Waals surface area contributed by atoms with E-state index in [-0.39, 0.29) is 12.3 Å². The summed E-state index contributed by atoms with van der Waals surface area (Å²) >= 11 is 0. The highest BCUT2D eigenvalue weighted by Gasteiger charge is 2.16. The Morgan fingerprint density at radius 3 is 2.90 bits per heavy atom. The molecule has 0 aliphatic rings. The maximum absolute atomic E-state index is 10.8. The van der Waals surface area contributed by atoms with Crippen LogP contribution in [0.15, 0.2) is 30.5 Å². The minimum atomic E-state index is -0.435. The Bertz CT molecular complexity index is 803. The van der Waals surface area contributed by atoms with Crippen molar-refractivity contribution in [1.82, 2.24) is 14.5 Å². The Labute approximate surface area is 113 Å². The van der Waals surface area contributed by atoms with Crippen molar-refractivity contribution >= 4 is 16.7 Å². The lowest BCUT2D eigenvalue weighted by atomic mass is 10.2. The molecule has 0 saturated carbocycles. The number of aryl methyl sites for hydroxylation is 1. The molecule has 0 amide bonds. The van der Waals surface area contributed by atoms with Crippen molar-refractivity contribution in [2.45, 2.75) is 6.61 Å². The van der Waals surface area contributed by atoms with Gasteiger partial charge in [0, 0.05) is 13.1 Å². The van der Waals surface area contributed by atoms with Crippen LogP contribution in [-0.4, -0.2) is 24.6 Å². The van der Waals surface area contributed by atoms with Gasteiger partial charge in [-0.15, -0.1) is 0 Å². The molecule has 2 heterocycles. The number of hydrogen-bond donors (Lipinski definition) is 2. The summed E-state index contributed by atoms with van der Waals surface area (Å²) in [6.45, 7) is -0.0417. The molecule has 2 N–H and O–H groups in total. The Hall–Kier alpha value is -2.67. The lowest BCUT2D eigenvalue weighted by Gasteiger charge is -1.96. The molecule has 3 rings (SSSR count). The lowest BCUT2D eigenvalue weighted by molar-refractivity contribution is -0.384. The minimum Gasteiger partial charge on any atom is -0.392 e. The molecule has 0 bridgehead atoms. The van der Waals surface area contributed by atoms with E-state index in [9.17, 15) is 10.1 Å². The summed E-state index contributed by atoms with van der Waals surface area (Å²) in [6, 6.07) is 6.88. The number of hydrogen-bond acceptors (Lipinski definition) is 4. The zero-order chi connectivity index (χ0) is 14.3. The summed E-state index contributed by atoms with van der Waals surface area (Å²) in [5, 5.41) is 19.9. The Balaban J connectivity index is 2.12. The van der Waals surface area contributed by atoms with Gasteiger partial charge in [-0.3, -0.25) is 10.1 Å². The lowest BCUT2D eigenvalue weighted by Crippen LogP contribution is -1.90. The van der Waals surface area contributed by atoms with Gasteiger partial charge in [-0.2, -0.15) is 0 Å². The number of nitrogens with one attached hydrogen (secondary N) is 1. The summed E-state index contributed by atoms with van der Waals surface area (Å²) in [5.41, 5.74) is 2.99. The molecular weight excluding hydrogens is 260 g/mol. The fourth-order valence-electron chi connectivity index (χ4n) is 2.16. The zero-order valence-corrected chi connectivity index (χ0v) is 10.7. The van der Waals surface area contributed by atoms with Gasteiger partial charge in [0.2, 0.25) is 0 Å². The van der Waals surface area contributed by atoms with Crippen molar-refractivity contribution in [2.24, 2.45) is 7.05 Å². The van der Waals surface area contributed by atoms with Crippen LogP contribution in [0.1, 0.15) is 5.56 Å². The zero-order valence-electron chi connectivity index (χ0n) is 10.7. The number of aromatic amines is 1. The second kappa shape index (κ2) is 4.46. The molecule has 0 spiro atoms. The van der Waals surface area contributed by atoms with Crippen LogP contribution in [0.5, 0.6) is 0 Å². The second-order valence-electron chi connectivity index (χ2n) is 4.55. The number of rotatable bonds is 3. The molecule has 0 fully saturated rings. The molecule has 7 nitrogen and oxygen atoms in total. The second-order valence-corrected chi connectivity index (χ2v) is 4.55. The molecule has 7 heteroatoms. The molecule has 0 aliphatic carbocycles. The van der Waals surface area contributed by atoms with Gasteiger partial charge in [0.15, 0.2) is 5.82 Å². The van der Waals surface area contributed by atoms with Crippen LogP contribution in [-0.2, 0) is 13.7 Å². The number of imidazole rings is 1. The quantitative estimate of drug-likeness (QED) is 0.562. The summed E-state index contributed by atoms with van der Waals surface area (Å²) < 4.78 is 1.66. The Kier molecular flexibility index (Phi) is 2.76. The van der Waals surface area contributed by atoms with E-state index in [1.807, 2.05) is 6.07 Å². The van der Waals surface area contributed by atoms with E-state index in [4.69, 9.17) is 5.11 Å². The molecular formula is C13H12N4O3. The highest BCUT2D eigenvalue weighted by Crippen LogP contribution is 2.25. The maximum Gasteiger partial charge on any atom is 0.287 e. The maximum atomic E-state index is 10.8. The van der Waals surface area contributed by atoms with Gasteiger partial charge < -0.3 is 14.7 Å². The standard InChI is InChI=1S/C13H12N4O3/c1-16-6-9(17(19)20)5-12(16)13-14-10-3-2-8(7-18)4-11(10)15-13/h2-6,18H,7H2,1H3,(H,14,15). The predicted molar refractivity (Wildman–Crippen MR) is 73.1 cm³/mol. The van der Waals surface area contributed by atoms with Crippen molar-refractivity contribution in [1.29, 1.82) is 0 Å². The molecule has 0 atom stereocenters. The van der Waals surface area contributed by atoms with E-state index in [0.717, 1.165) is 16.6 Å². The monoisotopic (exact) mass is 272 g/mol.